The molecule has 0 bridgehead atoms. The van der Waals surface area contributed by atoms with Crippen molar-refractivity contribution >= 4 is 23.9 Å². The summed E-state index contributed by atoms with van der Waals surface area (Å²) >= 11 is 0. The van der Waals surface area contributed by atoms with Gasteiger partial charge in [-0.15, -0.1) is 0 Å². The molecular formula is C27H41N3O8. The van der Waals surface area contributed by atoms with Gasteiger partial charge in [0.05, 0.1) is 6.04 Å². The summed E-state index contributed by atoms with van der Waals surface area (Å²) in [5, 5.41) is 5.31. The average Bonchev–Trinajstić information content (AvgIpc) is 3.26. The Kier molecular flexibility index (Phi) is 10.4. The topological polar surface area (TPSA) is 132 Å². The van der Waals surface area contributed by atoms with Crippen LogP contribution in [-0.4, -0.2) is 72.4 Å². The maximum atomic E-state index is 13.4. The summed E-state index contributed by atoms with van der Waals surface area (Å²) < 4.78 is 21.2. The van der Waals surface area contributed by atoms with Crippen LogP contribution in [0.1, 0.15) is 78.1 Å². The van der Waals surface area contributed by atoms with Gasteiger partial charge in [-0.3, -0.25) is 9.59 Å². The van der Waals surface area contributed by atoms with Crippen molar-refractivity contribution in [1.29, 1.82) is 0 Å². The van der Waals surface area contributed by atoms with E-state index in [-0.39, 0.29) is 19.0 Å². The number of unbranched alkanes of at least 4 members (excludes halogenated alkanes) is 1. The number of nitrogens with one attached hydrogen (secondary N) is 2. The Hall–Kier alpha value is -3.50. The number of carbonyl (C=O) groups excluding carboxylic acids is 4. The largest absolute Gasteiger partial charge is 0.454 e. The number of carbonyl (C=O) groups is 4. The predicted octanol–water partition coefficient (Wildman–Crippen LogP) is 4.03. The number of ether oxygens (including phenoxy) is 4. The van der Waals surface area contributed by atoms with Crippen molar-refractivity contribution in [3.05, 3.63) is 23.8 Å². The summed E-state index contributed by atoms with van der Waals surface area (Å²) in [7, 11) is 1.52. The third-order valence-electron chi connectivity index (χ3n) is 5.54. The molecule has 11 nitrogen and oxygen atoms in total. The fourth-order valence-electron chi connectivity index (χ4n) is 3.59. The summed E-state index contributed by atoms with van der Waals surface area (Å²) in [5.74, 6) is 0.317. The van der Waals surface area contributed by atoms with Crippen LogP contribution in [0.4, 0.5) is 9.59 Å². The normalized spacial score (nSPS) is 14.2. The molecule has 3 amide bonds. The van der Waals surface area contributed by atoms with Crippen LogP contribution < -0.4 is 20.1 Å². The monoisotopic (exact) mass is 535 g/mol. The zero-order valence-electron chi connectivity index (χ0n) is 23.6. The van der Waals surface area contributed by atoms with E-state index in [4.69, 9.17) is 18.9 Å². The van der Waals surface area contributed by atoms with Gasteiger partial charge in [-0.2, -0.15) is 0 Å². The second kappa shape index (κ2) is 12.8. The van der Waals surface area contributed by atoms with Gasteiger partial charge in [0.15, 0.2) is 17.3 Å². The smallest absolute Gasteiger partial charge is 0.408 e. The molecule has 2 atom stereocenters. The number of hydrogen-bond acceptors (Lipinski definition) is 8. The highest BCUT2D eigenvalue weighted by Crippen LogP contribution is 2.33. The minimum Gasteiger partial charge on any atom is -0.454 e. The molecule has 1 aromatic carbocycles. The summed E-state index contributed by atoms with van der Waals surface area (Å²) in [5.41, 5.74) is -0.965. The maximum Gasteiger partial charge on any atom is 0.408 e. The quantitative estimate of drug-likeness (QED) is 0.339. The summed E-state index contributed by atoms with van der Waals surface area (Å²) in [6.45, 7) is 12.6. The van der Waals surface area contributed by atoms with Crippen molar-refractivity contribution in [2.24, 2.45) is 0 Å². The fourth-order valence-corrected chi connectivity index (χ4v) is 3.59. The van der Waals surface area contributed by atoms with E-state index in [0.29, 0.717) is 36.4 Å². The van der Waals surface area contributed by atoms with Crippen LogP contribution in [0.5, 0.6) is 11.5 Å². The van der Waals surface area contributed by atoms with Gasteiger partial charge in [0.2, 0.25) is 12.7 Å². The molecule has 1 aliphatic rings. The van der Waals surface area contributed by atoms with Crippen molar-refractivity contribution in [3.63, 3.8) is 0 Å². The van der Waals surface area contributed by atoms with E-state index in [1.165, 1.54) is 11.9 Å². The molecule has 1 aliphatic heterocycles. The molecule has 2 rings (SSSR count). The lowest BCUT2D eigenvalue weighted by Gasteiger charge is -2.29. The van der Waals surface area contributed by atoms with Gasteiger partial charge in [-0.1, -0.05) is 0 Å². The van der Waals surface area contributed by atoms with E-state index in [9.17, 15) is 19.2 Å². The molecule has 0 aromatic heterocycles. The zero-order valence-corrected chi connectivity index (χ0v) is 23.6. The Balaban J connectivity index is 2.02. The van der Waals surface area contributed by atoms with Crippen molar-refractivity contribution in [2.45, 2.75) is 91.0 Å². The van der Waals surface area contributed by atoms with Gasteiger partial charge < -0.3 is 34.5 Å². The SMILES string of the molecule is CC(C(=O)c1ccc2c(c1)OCO2)N(C)C(=O)C(CCCCNC(=O)OC(C)(C)C)NC(=O)OC(C)(C)C. The molecular weight excluding hydrogens is 494 g/mol. The second-order valence-electron chi connectivity index (χ2n) is 11.2. The van der Waals surface area contributed by atoms with Gasteiger partial charge in [0, 0.05) is 19.2 Å². The molecule has 11 heteroatoms. The van der Waals surface area contributed by atoms with E-state index >= 15 is 0 Å². The van der Waals surface area contributed by atoms with Crippen molar-refractivity contribution < 1.29 is 38.1 Å². The third kappa shape index (κ3) is 9.75. The molecule has 0 saturated heterocycles. The number of amides is 3. The maximum absolute atomic E-state index is 13.4. The van der Waals surface area contributed by atoms with Crippen LogP contribution in [0, 0.1) is 0 Å². The fraction of sp³-hybridized carbons (Fsp3) is 0.630. The van der Waals surface area contributed by atoms with Crippen LogP contribution in [-0.2, 0) is 14.3 Å². The molecule has 2 unspecified atom stereocenters. The molecule has 38 heavy (non-hydrogen) atoms. The van der Waals surface area contributed by atoms with Gasteiger partial charge in [0.25, 0.3) is 0 Å². The van der Waals surface area contributed by atoms with Crippen LogP contribution in [0.25, 0.3) is 0 Å². The zero-order chi connectivity index (χ0) is 28.7. The van der Waals surface area contributed by atoms with Crippen LogP contribution >= 0.6 is 0 Å². The number of alkyl carbamates (subject to hydrolysis) is 2. The van der Waals surface area contributed by atoms with Crippen molar-refractivity contribution in [1.82, 2.24) is 15.5 Å². The third-order valence-corrected chi connectivity index (χ3v) is 5.54. The molecule has 2 N–H and O–H groups in total. The second-order valence-corrected chi connectivity index (χ2v) is 11.2. The number of ketones is 1. The number of hydrogen-bond donors (Lipinski definition) is 2. The number of likely N-dealkylation sites (N-methyl/N-ethyl adjacent to an activating group) is 1. The van der Waals surface area contributed by atoms with Gasteiger partial charge in [0.1, 0.15) is 17.2 Å². The van der Waals surface area contributed by atoms with Gasteiger partial charge in [-0.05, 0) is 85.9 Å². The lowest BCUT2D eigenvalue weighted by Crippen LogP contribution is -2.52. The molecule has 0 aliphatic carbocycles. The Labute approximate surface area is 224 Å². The molecule has 212 valence electrons. The van der Waals surface area contributed by atoms with Crippen LogP contribution in [0.3, 0.4) is 0 Å². The molecule has 0 spiro atoms. The minimum atomic E-state index is -0.927. The Bertz CT molecular complexity index is 1010. The van der Waals surface area contributed by atoms with Crippen molar-refractivity contribution in [3.8, 4) is 11.5 Å². The highest BCUT2D eigenvalue weighted by atomic mass is 16.7. The van der Waals surface area contributed by atoms with E-state index in [2.05, 4.69) is 10.6 Å². The van der Waals surface area contributed by atoms with E-state index in [1.54, 1.807) is 66.7 Å². The van der Waals surface area contributed by atoms with Gasteiger partial charge in [-0.25, -0.2) is 9.59 Å². The first-order chi connectivity index (χ1) is 17.6. The first-order valence-corrected chi connectivity index (χ1v) is 12.7. The van der Waals surface area contributed by atoms with E-state index in [1.807, 2.05) is 0 Å². The number of nitrogens with zero attached hydrogens (tertiary/aromatic N) is 1. The molecule has 0 radical (unpaired) electrons. The van der Waals surface area contributed by atoms with Crippen LogP contribution in [0.2, 0.25) is 0 Å². The first kappa shape index (κ1) is 30.7. The summed E-state index contributed by atoms with van der Waals surface area (Å²) in [6.07, 6.45) is 0.0939. The Morgan fingerprint density at radius 1 is 0.947 bits per heavy atom. The van der Waals surface area contributed by atoms with Gasteiger partial charge >= 0.3 is 12.2 Å². The number of rotatable bonds is 10. The Morgan fingerprint density at radius 2 is 1.55 bits per heavy atom. The molecule has 1 aromatic rings. The van der Waals surface area contributed by atoms with Crippen LogP contribution in [0.15, 0.2) is 18.2 Å². The standard InChI is InChI=1S/C27H41N3O8/c1-17(22(31)18-12-13-20-21(15-18)36-16-35-20)30(8)23(32)19(29-25(34)38-27(5,6)7)11-9-10-14-28-24(33)37-26(2,3)4/h12-13,15,17,19H,9-11,14,16H2,1-8H3,(H,28,33)(H,29,34). The lowest BCUT2D eigenvalue weighted by atomic mass is 10.0. The molecule has 0 saturated carbocycles. The average molecular weight is 536 g/mol. The summed E-state index contributed by atoms with van der Waals surface area (Å²) in [6, 6.07) is 3.14. The summed E-state index contributed by atoms with van der Waals surface area (Å²) in [4.78, 5) is 52.2. The van der Waals surface area contributed by atoms with E-state index < -0.39 is 41.4 Å². The predicted molar refractivity (Wildman–Crippen MR) is 140 cm³/mol. The lowest BCUT2D eigenvalue weighted by molar-refractivity contribution is -0.133. The first-order valence-electron chi connectivity index (χ1n) is 12.7. The molecule has 1 heterocycles. The number of Topliss-reactive ketones (excluding diaryl/α,β-unsaturated/α-hetero) is 1. The highest BCUT2D eigenvalue weighted by molar-refractivity contribution is 6.02. The minimum absolute atomic E-state index is 0.0895. The number of benzene rings is 1. The highest BCUT2D eigenvalue weighted by Gasteiger charge is 2.31. The van der Waals surface area contributed by atoms with Crippen molar-refractivity contribution in [2.75, 3.05) is 20.4 Å². The van der Waals surface area contributed by atoms with E-state index in [0.717, 1.165) is 0 Å². The molecule has 0 fully saturated rings. The Morgan fingerprint density at radius 3 is 2.18 bits per heavy atom. The number of fused-ring (bicyclic) bond motifs is 1.